The van der Waals surface area contributed by atoms with E-state index in [0.29, 0.717) is 10.9 Å². The summed E-state index contributed by atoms with van der Waals surface area (Å²) in [6.45, 7) is 0. The number of carbonyl (C=O) groups is 1. The number of hydrogen-bond acceptors (Lipinski definition) is 5. The quantitative estimate of drug-likeness (QED) is 0.272. The molecule has 0 aliphatic carbocycles. The lowest BCUT2D eigenvalue weighted by Gasteiger charge is -2.09. The van der Waals surface area contributed by atoms with Crippen molar-refractivity contribution >= 4 is 65.7 Å². The standard InChI is InChI=1S/C21H14BrClN4O4S/c22-13-8-9-17-15(11-13)19(21(29)24-17)25-26-20(28)12-4-3-5-14(10-12)32(30,31)27-18-7-2-1-6-16(18)23/h1-11,24,27,29H. The number of hydrogen-bond donors (Lipinski definition) is 3. The summed E-state index contributed by atoms with van der Waals surface area (Å²) in [5.41, 5.74) is 0.938. The molecule has 162 valence electrons. The van der Waals surface area contributed by atoms with Gasteiger partial charge in [0.1, 0.15) is 0 Å². The van der Waals surface area contributed by atoms with Gasteiger partial charge in [-0.3, -0.25) is 9.52 Å². The third-order valence-electron chi connectivity index (χ3n) is 4.46. The molecule has 11 heteroatoms. The summed E-state index contributed by atoms with van der Waals surface area (Å²) >= 11 is 9.36. The van der Waals surface area contributed by atoms with Crippen molar-refractivity contribution in [2.24, 2.45) is 10.2 Å². The first-order valence-electron chi connectivity index (χ1n) is 9.08. The molecule has 4 rings (SSSR count). The second kappa shape index (κ2) is 8.73. The van der Waals surface area contributed by atoms with E-state index in [1.54, 1.807) is 36.4 Å². The maximum atomic E-state index is 12.7. The Bertz CT molecular complexity index is 1480. The molecule has 0 saturated heterocycles. The van der Waals surface area contributed by atoms with Gasteiger partial charge in [0.25, 0.3) is 15.9 Å². The highest BCUT2D eigenvalue weighted by atomic mass is 79.9. The molecule has 8 nitrogen and oxygen atoms in total. The Balaban J connectivity index is 1.61. The number of aromatic hydroxyl groups is 1. The first-order chi connectivity index (χ1) is 15.2. The lowest BCUT2D eigenvalue weighted by Crippen LogP contribution is -2.13. The first-order valence-corrected chi connectivity index (χ1v) is 11.7. The fraction of sp³-hybridized carbons (Fsp3) is 0. The van der Waals surface area contributed by atoms with Crippen LogP contribution in [0.4, 0.5) is 11.4 Å². The molecular weight excluding hydrogens is 520 g/mol. The van der Waals surface area contributed by atoms with Crippen LogP contribution in [0.3, 0.4) is 0 Å². The first kappa shape index (κ1) is 22.0. The summed E-state index contributed by atoms with van der Waals surface area (Å²) in [6, 6.07) is 17.0. The second-order valence-electron chi connectivity index (χ2n) is 6.63. The van der Waals surface area contributed by atoms with Crippen molar-refractivity contribution in [3.63, 3.8) is 0 Å². The summed E-state index contributed by atoms with van der Waals surface area (Å²) in [5.74, 6) is -1.02. The molecular formula is C21H14BrClN4O4S. The van der Waals surface area contributed by atoms with Gasteiger partial charge < -0.3 is 10.1 Å². The lowest BCUT2D eigenvalue weighted by atomic mass is 10.2. The van der Waals surface area contributed by atoms with Gasteiger partial charge in [-0.05, 0) is 48.5 Å². The highest BCUT2D eigenvalue weighted by molar-refractivity contribution is 9.10. The maximum absolute atomic E-state index is 12.7. The van der Waals surface area contributed by atoms with Crippen LogP contribution in [-0.4, -0.2) is 24.4 Å². The summed E-state index contributed by atoms with van der Waals surface area (Å²) in [4.78, 5) is 15.2. The summed E-state index contributed by atoms with van der Waals surface area (Å²) < 4.78 is 28.6. The number of sulfonamides is 1. The molecule has 1 heterocycles. The molecule has 0 atom stereocenters. The lowest BCUT2D eigenvalue weighted by molar-refractivity contribution is 0.0995. The number of anilines is 1. The topological polar surface area (TPSA) is 124 Å². The Labute approximate surface area is 196 Å². The third kappa shape index (κ3) is 4.52. The van der Waals surface area contributed by atoms with E-state index < -0.39 is 15.9 Å². The fourth-order valence-corrected chi connectivity index (χ4v) is 4.66. The van der Waals surface area contributed by atoms with E-state index in [1.807, 2.05) is 0 Å². The van der Waals surface area contributed by atoms with Crippen LogP contribution in [0.5, 0.6) is 5.88 Å². The van der Waals surface area contributed by atoms with Crippen molar-refractivity contribution in [1.82, 2.24) is 4.98 Å². The van der Waals surface area contributed by atoms with Crippen LogP contribution < -0.4 is 4.72 Å². The van der Waals surface area contributed by atoms with Gasteiger partial charge in [0, 0.05) is 15.4 Å². The Morgan fingerprint density at radius 2 is 1.84 bits per heavy atom. The molecule has 0 aliphatic heterocycles. The number of benzene rings is 3. The minimum absolute atomic E-state index is 0.0105. The van der Waals surface area contributed by atoms with Gasteiger partial charge >= 0.3 is 0 Å². The number of nitrogens with one attached hydrogen (secondary N) is 2. The highest BCUT2D eigenvalue weighted by Gasteiger charge is 2.18. The molecule has 0 radical (unpaired) electrons. The smallest absolute Gasteiger partial charge is 0.295 e. The summed E-state index contributed by atoms with van der Waals surface area (Å²) in [5, 5.41) is 18.4. The number of fused-ring (bicyclic) bond motifs is 1. The third-order valence-corrected chi connectivity index (χ3v) is 6.65. The molecule has 3 aromatic carbocycles. The van der Waals surface area contributed by atoms with Gasteiger partial charge in [-0.25, -0.2) is 8.42 Å². The molecule has 0 spiro atoms. The molecule has 0 aliphatic rings. The van der Waals surface area contributed by atoms with E-state index in [1.165, 1.54) is 30.3 Å². The zero-order chi connectivity index (χ0) is 22.9. The Morgan fingerprint density at radius 1 is 1.06 bits per heavy atom. The molecule has 3 N–H and O–H groups in total. The number of nitrogens with zero attached hydrogens (tertiary/aromatic N) is 2. The predicted molar refractivity (Wildman–Crippen MR) is 125 cm³/mol. The summed E-state index contributed by atoms with van der Waals surface area (Å²) in [6.07, 6.45) is 0. The van der Waals surface area contributed by atoms with Gasteiger partial charge in [-0.1, -0.05) is 45.7 Å². The maximum Gasteiger partial charge on any atom is 0.295 e. The number of halogens is 2. The molecule has 0 unspecified atom stereocenters. The van der Waals surface area contributed by atoms with Crippen molar-refractivity contribution in [3.05, 3.63) is 81.8 Å². The van der Waals surface area contributed by atoms with E-state index in [2.05, 4.69) is 35.9 Å². The van der Waals surface area contributed by atoms with E-state index in [9.17, 15) is 18.3 Å². The number of carbonyl (C=O) groups excluding carboxylic acids is 1. The molecule has 0 bridgehead atoms. The van der Waals surface area contributed by atoms with Gasteiger partial charge in [0.15, 0.2) is 5.69 Å². The van der Waals surface area contributed by atoms with Crippen molar-refractivity contribution in [2.45, 2.75) is 4.90 Å². The van der Waals surface area contributed by atoms with Crippen LogP contribution >= 0.6 is 27.5 Å². The van der Waals surface area contributed by atoms with Crippen molar-refractivity contribution < 1.29 is 18.3 Å². The largest absolute Gasteiger partial charge is 0.493 e. The molecule has 32 heavy (non-hydrogen) atoms. The van der Waals surface area contributed by atoms with Crippen molar-refractivity contribution in [3.8, 4) is 5.88 Å². The Kier molecular flexibility index (Phi) is 6.00. The molecule has 4 aromatic rings. The van der Waals surface area contributed by atoms with E-state index in [0.717, 1.165) is 4.47 Å². The SMILES string of the molecule is O=C(N=Nc1c(O)[nH]c2ccc(Br)cc12)c1cccc(S(=O)(=O)Nc2ccccc2Cl)c1. The average molecular weight is 534 g/mol. The van der Waals surface area contributed by atoms with Crippen LogP contribution in [0.25, 0.3) is 10.9 Å². The second-order valence-corrected chi connectivity index (χ2v) is 9.64. The zero-order valence-corrected chi connectivity index (χ0v) is 19.2. The van der Waals surface area contributed by atoms with Gasteiger partial charge in [-0.2, -0.15) is 0 Å². The fourth-order valence-electron chi connectivity index (χ4n) is 2.93. The van der Waals surface area contributed by atoms with Crippen LogP contribution in [0.2, 0.25) is 5.02 Å². The molecule has 1 amide bonds. The number of azo groups is 1. The van der Waals surface area contributed by atoms with Crippen LogP contribution in [0, 0.1) is 0 Å². The predicted octanol–water partition coefficient (Wildman–Crippen LogP) is 6.01. The van der Waals surface area contributed by atoms with Gasteiger partial charge in [-0.15, -0.1) is 10.2 Å². The zero-order valence-electron chi connectivity index (χ0n) is 16.1. The number of aromatic nitrogens is 1. The van der Waals surface area contributed by atoms with E-state index in [-0.39, 0.29) is 32.7 Å². The Morgan fingerprint density at radius 3 is 2.62 bits per heavy atom. The van der Waals surface area contributed by atoms with Crippen LogP contribution in [-0.2, 0) is 10.0 Å². The average Bonchev–Trinajstić information content (AvgIpc) is 3.08. The van der Waals surface area contributed by atoms with Gasteiger partial charge in [0.05, 0.1) is 21.1 Å². The van der Waals surface area contributed by atoms with Crippen molar-refractivity contribution in [1.29, 1.82) is 0 Å². The van der Waals surface area contributed by atoms with Crippen LogP contribution in [0.15, 0.2) is 86.3 Å². The normalized spacial score (nSPS) is 11.8. The number of amides is 1. The minimum Gasteiger partial charge on any atom is -0.493 e. The van der Waals surface area contributed by atoms with Crippen LogP contribution in [0.1, 0.15) is 10.4 Å². The monoisotopic (exact) mass is 532 g/mol. The number of para-hydroxylation sites is 1. The minimum atomic E-state index is -4.00. The van der Waals surface area contributed by atoms with E-state index in [4.69, 9.17) is 11.6 Å². The molecule has 0 saturated carbocycles. The molecule has 1 aromatic heterocycles. The number of aromatic amines is 1. The Hall–Kier alpha value is -3.21. The highest BCUT2D eigenvalue weighted by Crippen LogP contribution is 2.37. The summed E-state index contributed by atoms with van der Waals surface area (Å²) in [7, 11) is -4.00. The number of rotatable bonds is 5. The van der Waals surface area contributed by atoms with Crippen molar-refractivity contribution in [2.75, 3.05) is 4.72 Å². The van der Waals surface area contributed by atoms with E-state index >= 15 is 0 Å². The van der Waals surface area contributed by atoms with Gasteiger partial charge in [0.2, 0.25) is 5.88 Å². The molecule has 0 fully saturated rings. The number of H-pyrrole nitrogens is 1.